The van der Waals surface area contributed by atoms with Crippen LogP contribution in [0.1, 0.15) is 48.2 Å². The molecule has 0 bridgehead atoms. The summed E-state index contributed by atoms with van der Waals surface area (Å²) in [5, 5.41) is 6.71. The molecular weight excluding hydrogens is 340 g/mol. The van der Waals surface area contributed by atoms with Crippen molar-refractivity contribution in [2.24, 2.45) is 5.10 Å². The summed E-state index contributed by atoms with van der Waals surface area (Å²) in [6.45, 7) is 6.09. The minimum absolute atomic E-state index is 0.112. The van der Waals surface area contributed by atoms with E-state index < -0.39 is 11.8 Å². The molecule has 2 amide bonds. The highest BCUT2D eigenvalue weighted by Crippen LogP contribution is 2.20. The van der Waals surface area contributed by atoms with E-state index in [1.165, 1.54) is 5.56 Å². The van der Waals surface area contributed by atoms with E-state index in [2.05, 4.69) is 51.6 Å². The Morgan fingerprint density at radius 1 is 1.07 bits per heavy atom. The zero-order valence-electron chi connectivity index (χ0n) is 16.1. The second kappa shape index (κ2) is 8.20. The van der Waals surface area contributed by atoms with Gasteiger partial charge in [0.05, 0.1) is 6.21 Å². The second-order valence-corrected chi connectivity index (χ2v) is 7.15. The molecule has 3 rings (SSSR count). The maximum Gasteiger partial charge on any atom is 0.329 e. The molecule has 27 heavy (non-hydrogen) atoms. The lowest BCUT2D eigenvalue weighted by Gasteiger charge is -2.10. The number of rotatable bonds is 4. The fraction of sp³-hybridized carbons (Fsp3) is 0.381. The number of carbonyl (C=O) groups is 2. The highest BCUT2D eigenvalue weighted by molar-refractivity contribution is 6.35. The summed E-state index contributed by atoms with van der Waals surface area (Å²) in [5.74, 6) is -1.35. The Bertz CT molecular complexity index is 859. The fourth-order valence-electron chi connectivity index (χ4n) is 3.54. The van der Waals surface area contributed by atoms with Crippen LogP contribution in [0.4, 0.5) is 0 Å². The number of nitrogens with one attached hydrogen (secondary N) is 2. The standard InChI is InChI=1S/C21H26N4O2/c1-14-8-10-19(11-9-14)25-15(2)12-17(16(25)3)13-22-24-21(27)20(26)23-18-6-4-5-7-18/h8-13,18H,4-7H2,1-3H3,(H,23,26)(H,24,27)/b22-13-. The highest BCUT2D eigenvalue weighted by atomic mass is 16.2. The van der Waals surface area contributed by atoms with Crippen molar-refractivity contribution in [1.82, 2.24) is 15.3 Å². The molecule has 1 aromatic heterocycles. The van der Waals surface area contributed by atoms with Crippen molar-refractivity contribution in [2.45, 2.75) is 52.5 Å². The number of aryl methyl sites for hydroxylation is 2. The molecule has 2 aromatic rings. The summed E-state index contributed by atoms with van der Waals surface area (Å²) in [6, 6.07) is 10.4. The lowest BCUT2D eigenvalue weighted by atomic mass is 10.2. The second-order valence-electron chi connectivity index (χ2n) is 7.15. The monoisotopic (exact) mass is 366 g/mol. The number of aromatic nitrogens is 1. The smallest absolute Gasteiger partial charge is 0.329 e. The first-order valence-corrected chi connectivity index (χ1v) is 9.35. The molecular formula is C21H26N4O2. The van der Waals surface area contributed by atoms with Gasteiger partial charge >= 0.3 is 11.8 Å². The zero-order valence-corrected chi connectivity index (χ0v) is 16.1. The third kappa shape index (κ3) is 4.45. The van der Waals surface area contributed by atoms with Crippen LogP contribution in [0.2, 0.25) is 0 Å². The van der Waals surface area contributed by atoms with Gasteiger partial charge in [0, 0.05) is 28.7 Å². The Balaban J connectivity index is 1.65. The number of nitrogens with zero attached hydrogens (tertiary/aromatic N) is 2. The van der Waals surface area contributed by atoms with Crippen molar-refractivity contribution in [2.75, 3.05) is 0 Å². The summed E-state index contributed by atoms with van der Waals surface area (Å²) in [5.41, 5.74) is 7.59. The van der Waals surface area contributed by atoms with Crippen LogP contribution in [-0.4, -0.2) is 28.6 Å². The molecule has 1 heterocycles. The predicted octanol–water partition coefficient (Wildman–Crippen LogP) is 2.91. The average molecular weight is 366 g/mol. The molecule has 0 unspecified atom stereocenters. The first-order valence-electron chi connectivity index (χ1n) is 9.35. The van der Waals surface area contributed by atoms with E-state index >= 15 is 0 Å². The van der Waals surface area contributed by atoms with Crippen molar-refractivity contribution in [3.05, 3.63) is 52.8 Å². The van der Waals surface area contributed by atoms with Crippen LogP contribution < -0.4 is 10.7 Å². The van der Waals surface area contributed by atoms with E-state index in [1.807, 2.05) is 19.9 Å². The molecule has 1 aliphatic carbocycles. The van der Waals surface area contributed by atoms with Gasteiger partial charge in [0.2, 0.25) is 0 Å². The first-order chi connectivity index (χ1) is 13.0. The molecule has 142 valence electrons. The van der Waals surface area contributed by atoms with Crippen molar-refractivity contribution >= 4 is 18.0 Å². The molecule has 0 aliphatic heterocycles. The fourth-order valence-corrected chi connectivity index (χ4v) is 3.54. The lowest BCUT2D eigenvalue weighted by Crippen LogP contribution is -2.42. The van der Waals surface area contributed by atoms with Gasteiger partial charge in [-0.2, -0.15) is 5.10 Å². The quantitative estimate of drug-likeness (QED) is 0.496. The van der Waals surface area contributed by atoms with Gasteiger partial charge in [-0.15, -0.1) is 0 Å². The van der Waals surface area contributed by atoms with E-state index in [9.17, 15) is 9.59 Å². The van der Waals surface area contributed by atoms with Crippen LogP contribution in [0, 0.1) is 20.8 Å². The molecule has 1 aliphatic rings. The van der Waals surface area contributed by atoms with Gasteiger partial charge in [-0.05, 0) is 51.8 Å². The Labute approximate surface area is 159 Å². The zero-order chi connectivity index (χ0) is 19.4. The third-order valence-corrected chi connectivity index (χ3v) is 5.03. The Morgan fingerprint density at radius 2 is 1.74 bits per heavy atom. The molecule has 0 atom stereocenters. The third-order valence-electron chi connectivity index (χ3n) is 5.03. The minimum atomic E-state index is -0.731. The number of benzene rings is 1. The summed E-state index contributed by atoms with van der Waals surface area (Å²) in [4.78, 5) is 23.8. The van der Waals surface area contributed by atoms with Crippen LogP contribution in [0.15, 0.2) is 35.4 Å². The van der Waals surface area contributed by atoms with Gasteiger partial charge in [-0.1, -0.05) is 30.5 Å². The van der Waals surface area contributed by atoms with Gasteiger partial charge < -0.3 is 9.88 Å². The van der Waals surface area contributed by atoms with Crippen molar-refractivity contribution in [1.29, 1.82) is 0 Å². The summed E-state index contributed by atoms with van der Waals surface area (Å²) >= 11 is 0. The maximum atomic E-state index is 11.9. The molecule has 2 N–H and O–H groups in total. The average Bonchev–Trinajstić information content (AvgIpc) is 3.24. The van der Waals surface area contributed by atoms with Crippen molar-refractivity contribution < 1.29 is 9.59 Å². The minimum Gasteiger partial charge on any atom is -0.345 e. The molecule has 1 aromatic carbocycles. The van der Waals surface area contributed by atoms with Gasteiger partial charge in [-0.25, -0.2) is 5.43 Å². The SMILES string of the molecule is Cc1ccc(-n2c(C)cc(/C=N\NC(=O)C(=O)NC3CCCC3)c2C)cc1. The molecule has 1 fully saturated rings. The summed E-state index contributed by atoms with van der Waals surface area (Å²) in [6.07, 6.45) is 5.65. The van der Waals surface area contributed by atoms with Gasteiger partial charge in [0.25, 0.3) is 0 Å². The lowest BCUT2D eigenvalue weighted by molar-refractivity contribution is -0.139. The van der Waals surface area contributed by atoms with E-state index in [-0.39, 0.29) is 6.04 Å². The number of hydrazone groups is 1. The summed E-state index contributed by atoms with van der Waals surface area (Å²) < 4.78 is 2.13. The largest absolute Gasteiger partial charge is 0.345 e. The Kier molecular flexibility index (Phi) is 5.74. The van der Waals surface area contributed by atoms with Crippen LogP contribution >= 0.6 is 0 Å². The van der Waals surface area contributed by atoms with Crippen LogP contribution in [-0.2, 0) is 9.59 Å². The van der Waals surface area contributed by atoms with E-state index in [0.717, 1.165) is 48.3 Å². The van der Waals surface area contributed by atoms with E-state index in [1.54, 1.807) is 6.21 Å². The molecule has 0 spiro atoms. The van der Waals surface area contributed by atoms with Gasteiger partial charge in [-0.3, -0.25) is 9.59 Å². The topological polar surface area (TPSA) is 75.5 Å². The molecule has 6 nitrogen and oxygen atoms in total. The van der Waals surface area contributed by atoms with Gasteiger partial charge in [0.15, 0.2) is 0 Å². The number of hydrogen-bond donors (Lipinski definition) is 2. The predicted molar refractivity (Wildman–Crippen MR) is 106 cm³/mol. The Hall–Kier alpha value is -2.89. The highest BCUT2D eigenvalue weighted by Gasteiger charge is 2.21. The number of carbonyl (C=O) groups excluding carboxylic acids is 2. The van der Waals surface area contributed by atoms with Crippen LogP contribution in [0.5, 0.6) is 0 Å². The molecule has 0 radical (unpaired) electrons. The van der Waals surface area contributed by atoms with E-state index in [4.69, 9.17) is 0 Å². The van der Waals surface area contributed by atoms with Crippen molar-refractivity contribution in [3.8, 4) is 5.69 Å². The van der Waals surface area contributed by atoms with Crippen LogP contribution in [0.3, 0.4) is 0 Å². The summed E-state index contributed by atoms with van der Waals surface area (Å²) in [7, 11) is 0. The first kappa shape index (κ1) is 18.9. The maximum absolute atomic E-state index is 11.9. The van der Waals surface area contributed by atoms with E-state index in [0.29, 0.717) is 0 Å². The molecule has 6 heteroatoms. The normalized spacial score (nSPS) is 14.6. The number of hydrogen-bond acceptors (Lipinski definition) is 3. The molecule has 0 saturated heterocycles. The number of amides is 2. The molecule has 1 saturated carbocycles. The van der Waals surface area contributed by atoms with Crippen LogP contribution in [0.25, 0.3) is 5.69 Å². The van der Waals surface area contributed by atoms with Gasteiger partial charge in [0.1, 0.15) is 0 Å². The van der Waals surface area contributed by atoms with Crippen molar-refractivity contribution in [3.63, 3.8) is 0 Å². The Morgan fingerprint density at radius 3 is 2.41 bits per heavy atom.